The summed E-state index contributed by atoms with van der Waals surface area (Å²) in [5.74, 6) is -0.327. The smallest absolute Gasteiger partial charge is 0.258 e. The van der Waals surface area contributed by atoms with Crippen LogP contribution in [0.1, 0.15) is 48.0 Å². The molecule has 2 aromatic rings. The zero-order valence-corrected chi connectivity index (χ0v) is 18.9. The number of thiazole rings is 1. The van der Waals surface area contributed by atoms with E-state index in [1.165, 1.54) is 44.3 Å². The number of anilines is 2. The van der Waals surface area contributed by atoms with Crippen LogP contribution >= 0.6 is 11.3 Å². The van der Waals surface area contributed by atoms with E-state index >= 15 is 0 Å². The van der Waals surface area contributed by atoms with Crippen molar-refractivity contribution in [3.8, 4) is 0 Å². The summed E-state index contributed by atoms with van der Waals surface area (Å²) in [6, 6.07) is 5.16. The lowest BCUT2D eigenvalue weighted by Gasteiger charge is -2.28. The van der Waals surface area contributed by atoms with Crippen molar-refractivity contribution in [2.45, 2.75) is 50.0 Å². The fourth-order valence-electron chi connectivity index (χ4n) is 3.57. The number of nitrogens with zero attached hydrogens (tertiary/aromatic N) is 3. The number of aryl methyl sites for hydroxylation is 1. The molecule has 0 bridgehead atoms. The number of hydrogen-bond acceptors (Lipinski definition) is 6. The zero-order valence-electron chi connectivity index (χ0n) is 17.3. The van der Waals surface area contributed by atoms with Crippen LogP contribution in [0.5, 0.6) is 0 Å². The van der Waals surface area contributed by atoms with Crippen molar-refractivity contribution in [2.24, 2.45) is 0 Å². The van der Waals surface area contributed by atoms with Crippen LogP contribution in [0.25, 0.3) is 0 Å². The molecule has 29 heavy (non-hydrogen) atoms. The fraction of sp³-hybridized carbons (Fsp3) is 0.500. The van der Waals surface area contributed by atoms with Gasteiger partial charge in [0, 0.05) is 32.9 Å². The largest absolute Gasteiger partial charge is 0.371 e. The molecule has 1 fully saturated rings. The maximum Gasteiger partial charge on any atom is 0.258 e. The third-order valence-electron chi connectivity index (χ3n) is 5.34. The highest BCUT2D eigenvalue weighted by atomic mass is 32.2. The molecule has 0 atom stereocenters. The molecule has 1 N–H and O–H groups in total. The Labute approximate surface area is 176 Å². The molecule has 0 aliphatic heterocycles. The number of nitrogens with one attached hydrogen (secondary N) is 1. The monoisotopic (exact) mass is 436 g/mol. The van der Waals surface area contributed by atoms with E-state index < -0.39 is 10.0 Å². The highest BCUT2D eigenvalue weighted by molar-refractivity contribution is 7.89. The molecule has 0 spiro atoms. The van der Waals surface area contributed by atoms with Crippen LogP contribution in [0.15, 0.2) is 29.3 Å². The van der Waals surface area contributed by atoms with Crippen molar-refractivity contribution in [3.05, 3.63) is 35.0 Å². The summed E-state index contributed by atoms with van der Waals surface area (Å²) in [6.07, 6.45) is 6.93. The van der Waals surface area contributed by atoms with Gasteiger partial charge < -0.3 is 10.2 Å². The van der Waals surface area contributed by atoms with Gasteiger partial charge in [0.15, 0.2) is 0 Å². The molecule has 3 rings (SSSR count). The Hall–Kier alpha value is -1.97. The zero-order chi connectivity index (χ0) is 21.2. The van der Waals surface area contributed by atoms with Crippen molar-refractivity contribution in [3.63, 3.8) is 0 Å². The summed E-state index contributed by atoms with van der Waals surface area (Å²) < 4.78 is 26.4. The Morgan fingerprint density at radius 2 is 1.93 bits per heavy atom. The topological polar surface area (TPSA) is 82.6 Å². The van der Waals surface area contributed by atoms with Crippen molar-refractivity contribution in [1.82, 2.24) is 9.29 Å². The van der Waals surface area contributed by atoms with Crippen molar-refractivity contribution in [1.29, 1.82) is 0 Å². The summed E-state index contributed by atoms with van der Waals surface area (Å²) >= 11 is 1.43. The highest BCUT2D eigenvalue weighted by Crippen LogP contribution is 2.32. The minimum Gasteiger partial charge on any atom is -0.371 e. The molecule has 1 amide bonds. The van der Waals surface area contributed by atoms with Crippen LogP contribution in [0, 0.1) is 0 Å². The number of aromatic nitrogens is 1. The minimum absolute atomic E-state index is 0.106. The summed E-state index contributed by atoms with van der Waals surface area (Å²) in [5.41, 5.74) is 1.10. The van der Waals surface area contributed by atoms with E-state index in [1.807, 2.05) is 14.0 Å². The Morgan fingerprint density at radius 1 is 1.24 bits per heavy atom. The first-order valence-electron chi connectivity index (χ1n) is 9.79. The average molecular weight is 437 g/mol. The first kappa shape index (κ1) is 21.7. The summed E-state index contributed by atoms with van der Waals surface area (Å²) in [7, 11) is 1.30. The molecule has 1 aliphatic rings. The van der Waals surface area contributed by atoms with Gasteiger partial charge in [0.25, 0.3) is 5.91 Å². The number of benzene rings is 1. The van der Waals surface area contributed by atoms with E-state index in [2.05, 4.69) is 15.2 Å². The number of carbonyl (C=O) groups is 1. The van der Waals surface area contributed by atoms with E-state index in [0.29, 0.717) is 16.6 Å². The second-order valence-corrected chi connectivity index (χ2v) is 10.7. The molecule has 1 heterocycles. The molecular formula is C20H28N4O3S2. The lowest BCUT2D eigenvalue weighted by Crippen LogP contribution is -2.31. The predicted molar refractivity (Wildman–Crippen MR) is 117 cm³/mol. The molecule has 0 radical (unpaired) electrons. The van der Waals surface area contributed by atoms with Gasteiger partial charge in [0.1, 0.15) is 5.00 Å². The van der Waals surface area contributed by atoms with Crippen molar-refractivity contribution in [2.75, 3.05) is 31.4 Å². The van der Waals surface area contributed by atoms with Gasteiger partial charge in [-0.05, 0) is 37.5 Å². The summed E-state index contributed by atoms with van der Waals surface area (Å²) in [5, 5.41) is 4.48. The molecule has 1 saturated carbocycles. The van der Waals surface area contributed by atoms with Crippen LogP contribution in [0.3, 0.4) is 0 Å². The Bertz CT molecular complexity index is 979. The Morgan fingerprint density at radius 3 is 2.52 bits per heavy atom. The molecule has 1 aromatic carbocycles. The normalized spacial score (nSPS) is 15.1. The van der Waals surface area contributed by atoms with Gasteiger partial charge in [-0.15, -0.1) is 11.3 Å². The van der Waals surface area contributed by atoms with Gasteiger partial charge in [0.2, 0.25) is 10.0 Å². The van der Waals surface area contributed by atoms with E-state index in [0.717, 1.165) is 34.3 Å². The number of amides is 1. The standard InChI is InChI=1S/C20H28N4O3S2/c1-5-18-21-13-19(28-18)22-20(25)16-12-15(29(26,27)23(2)3)10-11-17(16)24(4)14-8-6-7-9-14/h10-14H,5-9H2,1-4H3,(H,22,25). The molecule has 0 unspecified atom stereocenters. The lowest BCUT2D eigenvalue weighted by atomic mass is 10.1. The second-order valence-electron chi connectivity index (χ2n) is 7.44. The first-order chi connectivity index (χ1) is 13.7. The molecule has 158 valence electrons. The van der Waals surface area contributed by atoms with Gasteiger partial charge in [-0.1, -0.05) is 19.8 Å². The third-order valence-corrected chi connectivity index (χ3v) is 8.20. The van der Waals surface area contributed by atoms with Crippen molar-refractivity contribution < 1.29 is 13.2 Å². The summed E-state index contributed by atoms with van der Waals surface area (Å²) in [6.45, 7) is 2.01. The van der Waals surface area contributed by atoms with Gasteiger partial charge in [-0.2, -0.15) is 0 Å². The van der Waals surface area contributed by atoms with Crippen LogP contribution < -0.4 is 10.2 Å². The maximum absolute atomic E-state index is 13.1. The van der Waals surface area contributed by atoms with E-state index in [9.17, 15) is 13.2 Å². The number of sulfonamides is 1. The van der Waals surface area contributed by atoms with Gasteiger partial charge in [-0.3, -0.25) is 4.79 Å². The van der Waals surface area contributed by atoms with Crippen LogP contribution in [-0.4, -0.2) is 50.8 Å². The summed E-state index contributed by atoms with van der Waals surface area (Å²) in [4.78, 5) is 19.6. The van der Waals surface area contributed by atoms with Crippen LogP contribution in [-0.2, 0) is 16.4 Å². The Kier molecular flexibility index (Phi) is 6.60. The molecule has 1 aromatic heterocycles. The van der Waals surface area contributed by atoms with Crippen molar-refractivity contribution >= 4 is 38.0 Å². The fourth-order valence-corrected chi connectivity index (χ4v) is 5.26. The van der Waals surface area contributed by atoms with Gasteiger partial charge >= 0.3 is 0 Å². The Balaban J connectivity index is 2.00. The maximum atomic E-state index is 13.1. The highest BCUT2D eigenvalue weighted by Gasteiger charge is 2.26. The third kappa shape index (κ3) is 4.62. The van der Waals surface area contributed by atoms with Crippen LogP contribution in [0.4, 0.5) is 10.7 Å². The first-order valence-corrected chi connectivity index (χ1v) is 12.0. The second kappa shape index (κ2) is 8.81. The van der Waals surface area contributed by atoms with E-state index in [-0.39, 0.29) is 10.8 Å². The number of carbonyl (C=O) groups excluding carboxylic acids is 1. The molecular weight excluding hydrogens is 408 g/mol. The molecule has 9 heteroatoms. The van der Waals surface area contributed by atoms with E-state index in [4.69, 9.17) is 0 Å². The number of hydrogen-bond donors (Lipinski definition) is 1. The quantitative estimate of drug-likeness (QED) is 0.717. The minimum atomic E-state index is -3.64. The lowest BCUT2D eigenvalue weighted by molar-refractivity contribution is 0.102. The molecule has 1 aliphatic carbocycles. The number of rotatable bonds is 7. The predicted octanol–water partition coefficient (Wildman–Crippen LogP) is 3.59. The molecule has 7 nitrogen and oxygen atoms in total. The van der Waals surface area contributed by atoms with Gasteiger partial charge in [-0.25, -0.2) is 17.7 Å². The van der Waals surface area contributed by atoms with E-state index in [1.54, 1.807) is 18.3 Å². The molecule has 0 saturated heterocycles. The SMILES string of the molecule is CCc1ncc(NC(=O)c2cc(S(=O)(=O)N(C)C)ccc2N(C)C2CCCC2)s1. The van der Waals surface area contributed by atoms with Crippen LogP contribution in [0.2, 0.25) is 0 Å². The van der Waals surface area contributed by atoms with Gasteiger partial charge in [0.05, 0.1) is 21.7 Å². The average Bonchev–Trinajstić information content (AvgIpc) is 3.38.